The lowest BCUT2D eigenvalue weighted by atomic mass is 10.4. The Bertz CT molecular complexity index is 413. The quantitative estimate of drug-likeness (QED) is 0.513. The summed E-state index contributed by atoms with van der Waals surface area (Å²) in [6.45, 7) is 0.170. The van der Waals surface area contributed by atoms with E-state index in [4.69, 9.17) is 39.6 Å². The van der Waals surface area contributed by atoms with Crippen LogP contribution in [0, 0.1) is 0 Å². The summed E-state index contributed by atoms with van der Waals surface area (Å²) >= 11 is 16.0. The third-order valence-corrected chi connectivity index (χ3v) is 2.08. The van der Waals surface area contributed by atoms with Gasteiger partial charge in [-0.1, -0.05) is 23.2 Å². The number of aryl methyl sites for hydroxylation is 1. The number of aromatic nitrogens is 2. The molecule has 1 rings (SSSR count). The van der Waals surface area contributed by atoms with E-state index in [-0.39, 0.29) is 16.8 Å². The molecule has 1 N–H and O–H groups in total. The van der Waals surface area contributed by atoms with Gasteiger partial charge >= 0.3 is 0 Å². The van der Waals surface area contributed by atoms with E-state index in [2.05, 4.69) is 10.6 Å². The fourth-order valence-electron chi connectivity index (χ4n) is 0.921. The predicted molar refractivity (Wildman–Crippen MR) is 62.8 cm³/mol. The summed E-state index contributed by atoms with van der Waals surface area (Å²) in [7, 11) is 1.59. The van der Waals surface area contributed by atoms with Crippen LogP contribution in [-0.4, -0.2) is 21.6 Å². The van der Waals surface area contributed by atoms with Crippen LogP contribution < -0.4 is 5.48 Å². The number of anilines is 1. The molecule has 1 heterocycles. The molecule has 8 heteroatoms. The van der Waals surface area contributed by atoms with Gasteiger partial charge in [-0.15, -0.1) is 0 Å². The maximum absolute atomic E-state index is 10.9. The van der Waals surface area contributed by atoms with E-state index in [9.17, 15) is 4.79 Å². The Morgan fingerprint density at radius 2 is 2.31 bits per heavy atom. The van der Waals surface area contributed by atoms with Crippen molar-refractivity contribution in [2.24, 2.45) is 7.05 Å². The first kappa shape index (κ1) is 13.3. The van der Waals surface area contributed by atoms with E-state index in [1.165, 1.54) is 16.8 Å². The Hall–Kier alpha value is -0.750. The minimum atomic E-state index is -0.591. The Morgan fingerprint density at radius 3 is 2.81 bits per heavy atom. The number of hydrogen-bond donors (Lipinski definition) is 1. The first-order valence-electron chi connectivity index (χ1n) is 4.13. The first-order valence-corrected chi connectivity index (χ1v) is 5.27. The normalized spacial score (nSPS) is 10.0. The van der Waals surface area contributed by atoms with Gasteiger partial charge in [0.05, 0.1) is 6.61 Å². The molecule has 0 saturated carbocycles. The van der Waals surface area contributed by atoms with Crippen LogP contribution in [0.4, 0.5) is 5.82 Å². The van der Waals surface area contributed by atoms with E-state index in [0.717, 1.165) is 0 Å². The molecule has 0 saturated heterocycles. The van der Waals surface area contributed by atoms with Crippen LogP contribution in [0.3, 0.4) is 0 Å². The predicted octanol–water partition coefficient (Wildman–Crippen LogP) is 2.46. The largest absolute Gasteiger partial charge is 0.274 e. The zero-order valence-electron chi connectivity index (χ0n) is 8.21. The second-order valence-corrected chi connectivity index (χ2v) is 4.07. The van der Waals surface area contributed by atoms with Crippen LogP contribution in [0.25, 0.3) is 0 Å². The van der Waals surface area contributed by atoms with Gasteiger partial charge in [-0.3, -0.25) is 14.3 Å². The molecule has 0 unspecified atom stereocenters. The molecule has 0 atom stereocenters. The molecule has 1 aromatic rings. The molecule has 0 bridgehead atoms. The molecule has 0 fully saturated rings. The Morgan fingerprint density at radius 1 is 1.62 bits per heavy atom. The molecule has 0 aliphatic carbocycles. The van der Waals surface area contributed by atoms with Crippen molar-refractivity contribution in [3.8, 4) is 0 Å². The summed E-state index contributed by atoms with van der Waals surface area (Å²) in [5.41, 5.74) is 2.77. The fourth-order valence-corrected chi connectivity index (χ4v) is 1.22. The molecule has 16 heavy (non-hydrogen) atoms. The van der Waals surface area contributed by atoms with Crippen molar-refractivity contribution in [2.75, 3.05) is 12.1 Å². The third kappa shape index (κ3) is 4.02. The highest BCUT2D eigenvalue weighted by atomic mass is 35.5. The molecule has 0 radical (unpaired) electrons. The number of halogens is 3. The van der Waals surface area contributed by atoms with E-state index in [1.807, 2.05) is 0 Å². The molecule has 5 nitrogen and oxygen atoms in total. The van der Waals surface area contributed by atoms with Gasteiger partial charge in [0, 0.05) is 13.1 Å². The van der Waals surface area contributed by atoms with Gasteiger partial charge in [-0.2, -0.15) is 5.10 Å². The second-order valence-electron chi connectivity index (χ2n) is 2.72. The van der Waals surface area contributed by atoms with Crippen LogP contribution in [0.1, 0.15) is 10.5 Å². The molecule has 1 aromatic heterocycles. The van der Waals surface area contributed by atoms with Gasteiger partial charge in [0.2, 0.25) is 0 Å². The highest BCUT2D eigenvalue weighted by Gasteiger charge is 2.10. The smallest absolute Gasteiger partial charge is 0.270 e. The van der Waals surface area contributed by atoms with Gasteiger partial charge < -0.3 is 0 Å². The highest BCUT2D eigenvalue weighted by Crippen LogP contribution is 2.11. The summed E-state index contributed by atoms with van der Waals surface area (Å²) in [6.07, 6.45) is 1.45. The highest BCUT2D eigenvalue weighted by molar-refractivity contribution is 6.67. The van der Waals surface area contributed by atoms with Gasteiger partial charge in [-0.25, -0.2) is 5.48 Å². The summed E-state index contributed by atoms with van der Waals surface area (Å²) in [5, 5.41) is 3.35. The Labute approximate surface area is 107 Å². The van der Waals surface area contributed by atoms with Crippen LogP contribution in [0.5, 0.6) is 0 Å². The van der Waals surface area contributed by atoms with Crippen LogP contribution in [0.2, 0.25) is 0 Å². The van der Waals surface area contributed by atoms with Crippen LogP contribution >= 0.6 is 34.8 Å². The van der Waals surface area contributed by atoms with Crippen LogP contribution in [0.15, 0.2) is 16.6 Å². The summed E-state index contributed by atoms with van der Waals surface area (Å²) in [4.78, 5) is 15.8. The zero-order chi connectivity index (χ0) is 12.1. The van der Waals surface area contributed by atoms with Crippen LogP contribution in [-0.2, 0) is 11.9 Å². The first-order chi connectivity index (χ1) is 7.50. The van der Waals surface area contributed by atoms with E-state index in [1.54, 1.807) is 7.05 Å². The van der Waals surface area contributed by atoms with E-state index >= 15 is 0 Å². The van der Waals surface area contributed by atoms with E-state index < -0.39 is 5.24 Å². The number of nitrogens with one attached hydrogen (secondary N) is 1. The molecule has 0 aliphatic rings. The van der Waals surface area contributed by atoms with Gasteiger partial charge in [-0.05, 0) is 17.7 Å². The number of carbonyl (C=O) groups is 1. The maximum atomic E-state index is 10.9. The monoisotopic (exact) mass is 283 g/mol. The lowest BCUT2D eigenvalue weighted by Crippen LogP contribution is -2.03. The Balaban J connectivity index is 2.52. The molecule has 0 amide bonds. The maximum Gasteiger partial charge on any atom is 0.270 e. The van der Waals surface area contributed by atoms with Gasteiger partial charge in [0.15, 0.2) is 5.82 Å². The zero-order valence-corrected chi connectivity index (χ0v) is 10.5. The number of nitrogens with zero attached hydrogens (tertiary/aromatic N) is 2. The number of rotatable bonds is 5. The van der Waals surface area contributed by atoms with Crippen molar-refractivity contribution in [3.63, 3.8) is 0 Å². The SMILES string of the molecule is Cn1nc(NOCC=C(Cl)Cl)cc1C(=O)Cl. The molecule has 0 spiro atoms. The molecular weight excluding hydrogens is 276 g/mol. The van der Waals surface area contributed by atoms with Crippen molar-refractivity contribution >= 4 is 45.9 Å². The minimum Gasteiger partial charge on any atom is -0.274 e. The van der Waals surface area contributed by atoms with Crippen molar-refractivity contribution in [1.82, 2.24) is 9.78 Å². The van der Waals surface area contributed by atoms with Crippen molar-refractivity contribution in [2.45, 2.75) is 0 Å². The average Bonchev–Trinajstić information content (AvgIpc) is 2.54. The van der Waals surface area contributed by atoms with Gasteiger partial charge in [0.1, 0.15) is 10.2 Å². The molecule has 88 valence electrons. The number of carbonyl (C=O) groups excluding carboxylic acids is 1. The second kappa shape index (κ2) is 6.10. The lowest BCUT2D eigenvalue weighted by Gasteiger charge is -1.99. The molecular formula is C8H8Cl3N3O2. The minimum absolute atomic E-state index is 0.111. The summed E-state index contributed by atoms with van der Waals surface area (Å²) < 4.78 is 1.45. The Kier molecular flexibility index (Phi) is 5.08. The van der Waals surface area contributed by atoms with Crippen molar-refractivity contribution in [1.29, 1.82) is 0 Å². The lowest BCUT2D eigenvalue weighted by molar-refractivity contribution is 0.107. The molecule has 0 aromatic carbocycles. The van der Waals surface area contributed by atoms with Gasteiger partial charge in [0.25, 0.3) is 5.24 Å². The fraction of sp³-hybridized carbons (Fsp3) is 0.250. The average molecular weight is 285 g/mol. The summed E-state index contributed by atoms with van der Waals surface area (Å²) in [6, 6.07) is 1.46. The standard InChI is InChI=1S/C8H8Cl3N3O2/c1-14-5(8(11)15)4-7(12-14)13-16-3-2-6(9)10/h2,4H,3H2,1H3,(H,12,13). The third-order valence-electron chi connectivity index (χ3n) is 1.58. The molecule has 0 aliphatic heterocycles. The van der Waals surface area contributed by atoms with Crippen molar-refractivity contribution in [3.05, 3.63) is 22.3 Å². The topological polar surface area (TPSA) is 56.1 Å². The van der Waals surface area contributed by atoms with Crippen molar-refractivity contribution < 1.29 is 9.63 Å². The number of hydrogen-bond acceptors (Lipinski definition) is 4. The van der Waals surface area contributed by atoms with E-state index in [0.29, 0.717) is 5.82 Å². The summed E-state index contributed by atoms with van der Waals surface area (Å²) in [5.74, 6) is 0.366.